The molecule has 1 amide bonds. The minimum Gasteiger partial charge on any atom is -0.435 e. The summed E-state index contributed by atoms with van der Waals surface area (Å²) in [4.78, 5) is 19.9. The van der Waals surface area contributed by atoms with Crippen molar-refractivity contribution in [1.82, 2.24) is 0 Å². The van der Waals surface area contributed by atoms with E-state index in [2.05, 4.69) is 10.5 Å². The van der Waals surface area contributed by atoms with Crippen LogP contribution in [0.1, 0.15) is 13.3 Å². The molecule has 0 fully saturated rings. The average molecular weight is 149 g/mol. The molecule has 0 aliphatic heterocycles. The van der Waals surface area contributed by atoms with Crippen molar-refractivity contribution in [3.63, 3.8) is 0 Å². The van der Waals surface area contributed by atoms with Gasteiger partial charge in [-0.25, -0.2) is 4.79 Å². The highest BCUT2D eigenvalue weighted by atomic mass is 19.1. The maximum absolute atomic E-state index is 11.8. The van der Waals surface area contributed by atoms with Gasteiger partial charge in [-0.3, -0.25) is 4.79 Å². The molecule has 0 radical (unpaired) electrons. The Morgan fingerprint density at radius 2 is 2.20 bits per heavy atom. The van der Waals surface area contributed by atoms with E-state index in [1.54, 1.807) is 0 Å². The number of carbonyl (C=O) groups excluding carboxylic acids is 2. The van der Waals surface area contributed by atoms with Crippen LogP contribution >= 0.6 is 0 Å². The van der Waals surface area contributed by atoms with E-state index in [0.717, 1.165) is 0 Å². The lowest BCUT2D eigenvalue weighted by Gasteiger charge is -2.06. The van der Waals surface area contributed by atoms with Crippen LogP contribution in [0.3, 0.4) is 0 Å². The van der Waals surface area contributed by atoms with E-state index in [1.165, 1.54) is 6.92 Å². The quantitative estimate of drug-likeness (QED) is 0.589. The van der Waals surface area contributed by atoms with E-state index in [-0.39, 0.29) is 6.42 Å². The van der Waals surface area contributed by atoms with Crippen LogP contribution in [0.2, 0.25) is 0 Å². The van der Waals surface area contributed by atoms with Gasteiger partial charge in [0.05, 0.1) is 0 Å². The van der Waals surface area contributed by atoms with Crippen molar-refractivity contribution in [2.24, 2.45) is 5.73 Å². The lowest BCUT2D eigenvalue weighted by Crippen LogP contribution is -2.26. The third-order valence-electron chi connectivity index (χ3n) is 0.882. The SMILES string of the molecule is CCC(OC(N)=O)C(=O)F. The number of primary amides is 1. The molecule has 0 aromatic carbocycles. The standard InChI is InChI=1S/C5H8FNO3/c1-2-3(4(6)8)10-5(7)9/h3H,2H2,1H3,(H2,7,9). The Kier molecular flexibility index (Phi) is 3.38. The molecule has 0 bridgehead atoms. The molecule has 10 heavy (non-hydrogen) atoms. The maximum Gasteiger partial charge on any atom is 0.405 e. The molecule has 0 rings (SSSR count). The van der Waals surface area contributed by atoms with E-state index >= 15 is 0 Å². The Bertz CT molecular complexity index is 148. The summed E-state index contributed by atoms with van der Waals surface area (Å²) in [7, 11) is 0. The number of nitrogens with two attached hydrogens (primary N) is 1. The van der Waals surface area contributed by atoms with Crippen molar-refractivity contribution in [3.05, 3.63) is 0 Å². The molecule has 4 nitrogen and oxygen atoms in total. The van der Waals surface area contributed by atoms with Crippen molar-refractivity contribution in [2.75, 3.05) is 0 Å². The van der Waals surface area contributed by atoms with Crippen molar-refractivity contribution in [1.29, 1.82) is 0 Å². The van der Waals surface area contributed by atoms with Gasteiger partial charge in [0, 0.05) is 0 Å². The second-order valence-corrected chi connectivity index (χ2v) is 1.64. The summed E-state index contributed by atoms with van der Waals surface area (Å²) in [6, 6.07) is -1.68. The molecule has 2 N–H and O–H groups in total. The van der Waals surface area contributed by atoms with Crippen LogP contribution in [0.4, 0.5) is 9.18 Å². The largest absolute Gasteiger partial charge is 0.435 e. The summed E-state index contributed by atoms with van der Waals surface area (Å²) in [6.45, 7) is 1.51. The van der Waals surface area contributed by atoms with Gasteiger partial charge >= 0.3 is 12.1 Å². The first-order valence-electron chi connectivity index (χ1n) is 2.73. The Labute approximate surface area is 57.1 Å². The summed E-state index contributed by atoms with van der Waals surface area (Å²) < 4.78 is 15.8. The van der Waals surface area contributed by atoms with Gasteiger partial charge in [0.2, 0.25) is 0 Å². The van der Waals surface area contributed by atoms with Crippen LogP contribution in [0, 0.1) is 0 Å². The summed E-state index contributed by atoms with van der Waals surface area (Å²) >= 11 is 0. The molecule has 0 spiro atoms. The Balaban J connectivity index is 3.83. The molecule has 5 heteroatoms. The molecule has 0 aromatic heterocycles. The van der Waals surface area contributed by atoms with Crippen LogP contribution in [0.5, 0.6) is 0 Å². The fourth-order valence-corrected chi connectivity index (χ4v) is 0.430. The highest BCUT2D eigenvalue weighted by molar-refractivity contribution is 5.77. The Morgan fingerprint density at radius 3 is 2.30 bits per heavy atom. The minimum atomic E-state index is -1.68. The van der Waals surface area contributed by atoms with Gasteiger partial charge < -0.3 is 10.5 Å². The second kappa shape index (κ2) is 3.81. The van der Waals surface area contributed by atoms with Gasteiger partial charge in [-0.2, -0.15) is 4.39 Å². The van der Waals surface area contributed by atoms with Gasteiger partial charge in [0.1, 0.15) is 0 Å². The second-order valence-electron chi connectivity index (χ2n) is 1.64. The smallest absolute Gasteiger partial charge is 0.405 e. The highest BCUT2D eigenvalue weighted by Gasteiger charge is 2.18. The lowest BCUT2D eigenvalue weighted by molar-refractivity contribution is -0.138. The van der Waals surface area contributed by atoms with Crippen LogP contribution in [-0.4, -0.2) is 18.2 Å². The van der Waals surface area contributed by atoms with Gasteiger partial charge in [-0.05, 0) is 6.42 Å². The van der Waals surface area contributed by atoms with Crippen LogP contribution in [-0.2, 0) is 9.53 Å². The van der Waals surface area contributed by atoms with Crippen LogP contribution in [0.25, 0.3) is 0 Å². The zero-order chi connectivity index (χ0) is 8.15. The number of hydrogen-bond acceptors (Lipinski definition) is 3. The molecule has 0 aromatic rings. The van der Waals surface area contributed by atoms with E-state index in [4.69, 9.17) is 0 Å². The number of ether oxygens (including phenoxy) is 1. The van der Waals surface area contributed by atoms with E-state index in [1.807, 2.05) is 0 Å². The predicted molar refractivity (Wildman–Crippen MR) is 30.9 cm³/mol. The molecule has 0 heterocycles. The number of amides is 1. The van der Waals surface area contributed by atoms with Gasteiger partial charge in [-0.1, -0.05) is 6.92 Å². The highest BCUT2D eigenvalue weighted by Crippen LogP contribution is 1.99. The predicted octanol–water partition coefficient (Wildman–Crippen LogP) is 0.356. The summed E-state index contributed by atoms with van der Waals surface area (Å²) in [5.41, 5.74) is 4.53. The number of halogens is 1. The minimum absolute atomic E-state index is 0.0955. The van der Waals surface area contributed by atoms with E-state index in [0.29, 0.717) is 0 Å². The van der Waals surface area contributed by atoms with Crippen LogP contribution < -0.4 is 5.73 Å². The van der Waals surface area contributed by atoms with Gasteiger partial charge in [0.25, 0.3) is 0 Å². The average Bonchev–Trinajstić information content (AvgIpc) is 1.81. The van der Waals surface area contributed by atoms with Crippen molar-refractivity contribution in [2.45, 2.75) is 19.4 Å². The number of rotatable bonds is 3. The molecular formula is C5H8FNO3. The third-order valence-corrected chi connectivity index (χ3v) is 0.882. The van der Waals surface area contributed by atoms with Gasteiger partial charge in [-0.15, -0.1) is 0 Å². The first-order valence-corrected chi connectivity index (χ1v) is 2.73. The molecule has 0 aliphatic carbocycles. The lowest BCUT2D eigenvalue weighted by atomic mass is 10.3. The fourth-order valence-electron chi connectivity index (χ4n) is 0.430. The zero-order valence-corrected chi connectivity index (χ0v) is 5.46. The summed E-state index contributed by atoms with van der Waals surface area (Å²) in [6.07, 6.45) is -2.38. The van der Waals surface area contributed by atoms with Crippen molar-refractivity contribution < 1.29 is 18.7 Å². The Hall–Kier alpha value is -1.13. The molecule has 0 aliphatic rings. The summed E-state index contributed by atoms with van der Waals surface area (Å²) in [5, 5.41) is 0. The molecule has 58 valence electrons. The topological polar surface area (TPSA) is 69.4 Å². The third kappa shape index (κ3) is 3.01. The van der Waals surface area contributed by atoms with E-state index < -0.39 is 18.2 Å². The number of carbonyl (C=O) groups is 2. The zero-order valence-electron chi connectivity index (χ0n) is 5.46. The molecular weight excluding hydrogens is 141 g/mol. The van der Waals surface area contributed by atoms with Gasteiger partial charge in [0.15, 0.2) is 6.10 Å². The molecule has 1 unspecified atom stereocenters. The van der Waals surface area contributed by atoms with Crippen molar-refractivity contribution >= 4 is 12.1 Å². The van der Waals surface area contributed by atoms with E-state index in [9.17, 15) is 14.0 Å². The molecule has 0 saturated heterocycles. The van der Waals surface area contributed by atoms with Crippen LogP contribution in [0.15, 0.2) is 0 Å². The van der Waals surface area contributed by atoms with Crippen molar-refractivity contribution in [3.8, 4) is 0 Å². The first kappa shape index (κ1) is 8.87. The Morgan fingerprint density at radius 1 is 1.70 bits per heavy atom. The maximum atomic E-state index is 11.8. The monoisotopic (exact) mass is 149 g/mol. The number of hydrogen-bond donors (Lipinski definition) is 1. The normalized spacial score (nSPS) is 12.2. The summed E-state index contributed by atoms with van der Waals surface area (Å²) in [5.74, 6) is 0. The molecule has 0 saturated carbocycles. The first-order chi connectivity index (χ1) is 4.57. The molecule has 1 atom stereocenters. The fraction of sp³-hybridized carbons (Fsp3) is 0.600.